The third kappa shape index (κ3) is 5.39. The lowest BCUT2D eigenvalue weighted by atomic mass is 9.78. The predicted molar refractivity (Wildman–Crippen MR) is 102 cm³/mol. The van der Waals surface area contributed by atoms with Crippen LogP contribution in [0.1, 0.15) is 24.0 Å². The molecule has 0 atom stereocenters. The summed E-state index contributed by atoms with van der Waals surface area (Å²) in [6.45, 7) is 1.02. The Hall–Kier alpha value is -2.70. The Morgan fingerprint density at radius 2 is 1.41 bits per heavy atom. The van der Waals surface area contributed by atoms with Gasteiger partial charge in [-0.15, -0.1) is 0 Å². The van der Waals surface area contributed by atoms with Gasteiger partial charge in [-0.05, 0) is 24.0 Å². The smallest absolute Gasteiger partial charge is 0.264 e. The van der Waals surface area contributed by atoms with Crippen molar-refractivity contribution >= 4 is 11.8 Å². The van der Waals surface area contributed by atoms with Gasteiger partial charge in [0.15, 0.2) is 0 Å². The van der Waals surface area contributed by atoms with Gasteiger partial charge in [0.05, 0.1) is 0 Å². The fourth-order valence-corrected chi connectivity index (χ4v) is 3.32. The Morgan fingerprint density at radius 3 is 1.89 bits per heavy atom. The molecule has 3 rings (SSSR count). The van der Waals surface area contributed by atoms with E-state index >= 15 is 0 Å². The molecule has 1 saturated carbocycles. The van der Waals surface area contributed by atoms with Gasteiger partial charge in [0, 0.05) is 25.0 Å². The van der Waals surface area contributed by atoms with Crippen molar-refractivity contribution in [1.82, 2.24) is 15.8 Å². The average Bonchev–Trinajstić information content (AvgIpc) is 2.66. The first-order valence-electron chi connectivity index (χ1n) is 9.17. The van der Waals surface area contributed by atoms with E-state index in [9.17, 15) is 9.59 Å². The minimum atomic E-state index is -0.643. The lowest BCUT2D eigenvalue weighted by molar-refractivity contribution is -0.135. The van der Waals surface area contributed by atoms with Gasteiger partial charge in [-0.1, -0.05) is 60.7 Å². The van der Waals surface area contributed by atoms with E-state index in [0.717, 1.165) is 25.9 Å². The molecule has 0 unspecified atom stereocenters. The number of hydrogen-bond acceptors (Lipinski definition) is 4. The topological polar surface area (TPSA) is 81.7 Å². The molecule has 0 radical (unpaired) electrons. The van der Waals surface area contributed by atoms with Crippen LogP contribution in [0, 0.1) is 5.92 Å². The van der Waals surface area contributed by atoms with E-state index in [4.69, 9.17) is 5.11 Å². The highest BCUT2D eigenvalue weighted by atomic mass is 16.3. The fraction of sp³-hybridized carbons (Fsp3) is 0.333. The van der Waals surface area contributed by atoms with Gasteiger partial charge >= 0.3 is 0 Å². The van der Waals surface area contributed by atoms with Crippen LogP contribution in [0.25, 0.3) is 0 Å². The van der Waals surface area contributed by atoms with Crippen LogP contribution >= 0.6 is 0 Å². The molecule has 0 aliphatic heterocycles. The van der Waals surface area contributed by atoms with Crippen molar-refractivity contribution in [3.63, 3.8) is 0 Å². The summed E-state index contributed by atoms with van der Waals surface area (Å²) in [7, 11) is 0. The Balaban J connectivity index is 1.59. The van der Waals surface area contributed by atoms with Crippen molar-refractivity contribution in [2.24, 2.45) is 5.92 Å². The summed E-state index contributed by atoms with van der Waals surface area (Å²) >= 11 is 0. The molecule has 1 aliphatic carbocycles. The quantitative estimate of drug-likeness (QED) is 0.650. The monoisotopic (exact) mass is 367 g/mol. The predicted octanol–water partition coefficient (Wildman–Crippen LogP) is 1.61. The highest BCUT2D eigenvalue weighted by molar-refractivity contribution is 5.84. The van der Waals surface area contributed by atoms with Crippen LogP contribution < -0.4 is 10.9 Å². The minimum absolute atomic E-state index is 0.122. The summed E-state index contributed by atoms with van der Waals surface area (Å²) in [5.41, 5.74) is 7.07. The van der Waals surface area contributed by atoms with E-state index in [1.165, 1.54) is 11.1 Å². The van der Waals surface area contributed by atoms with Crippen molar-refractivity contribution in [2.75, 3.05) is 6.61 Å². The second kappa shape index (κ2) is 9.30. The van der Waals surface area contributed by atoms with Gasteiger partial charge in [-0.3, -0.25) is 25.3 Å². The minimum Gasteiger partial charge on any atom is -0.386 e. The molecule has 2 amide bonds. The van der Waals surface area contributed by atoms with E-state index in [2.05, 4.69) is 40.0 Å². The third-order valence-corrected chi connectivity index (χ3v) is 4.93. The first-order valence-corrected chi connectivity index (χ1v) is 9.17. The third-order valence-electron chi connectivity index (χ3n) is 4.93. The summed E-state index contributed by atoms with van der Waals surface area (Å²) in [6, 6.07) is 21.0. The van der Waals surface area contributed by atoms with Crippen LogP contribution in [0.3, 0.4) is 0 Å². The van der Waals surface area contributed by atoms with Crippen molar-refractivity contribution in [3.05, 3.63) is 71.8 Å². The number of nitrogens with zero attached hydrogens (tertiary/aromatic N) is 1. The lowest BCUT2D eigenvalue weighted by Gasteiger charge is -2.42. The standard InChI is InChI=1S/C21H25N3O3/c25-15-20(26)22-23-21(27)18-11-19(12-18)24(13-16-7-3-1-4-8-16)14-17-9-5-2-6-10-17/h1-10,18-19,25H,11-15H2,(H,22,26)(H,23,27). The van der Waals surface area contributed by atoms with E-state index < -0.39 is 12.5 Å². The van der Waals surface area contributed by atoms with Crippen molar-refractivity contribution in [3.8, 4) is 0 Å². The maximum Gasteiger partial charge on any atom is 0.264 e. The molecular formula is C21H25N3O3. The van der Waals surface area contributed by atoms with E-state index in [-0.39, 0.29) is 11.8 Å². The summed E-state index contributed by atoms with van der Waals surface area (Å²) in [5, 5.41) is 8.68. The van der Waals surface area contributed by atoms with E-state index in [0.29, 0.717) is 6.04 Å². The molecule has 0 saturated heterocycles. The first kappa shape index (κ1) is 19.1. The largest absolute Gasteiger partial charge is 0.386 e. The van der Waals surface area contributed by atoms with Crippen molar-refractivity contribution < 1.29 is 14.7 Å². The number of carbonyl (C=O) groups is 2. The zero-order chi connectivity index (χ0) is 19.1. The highest BCUT2D eigenvalue weighted by Gasteiger charge is 2.38. The molecule has 6 heteroatoms. The number of nitrogens with one attached hydrogen (secondary N) is 2. The Morgan fingerprint density at radius 1 is 0.889 bits per heavy atom. The second-order valence-corrected chi connectivity index (χ2v) is 6.89. The molecular weight excluding hydrogens is 342 g/mol. The Bertz CT molecular complexity index is 704. The zero-order valence-electron chi connectivity index (χ0n) is 15.2. The van der Waals surface area contributed by atoms with Crippen molar-refractivity contribution in [2.45, 2.75) is 32.0 Å². The van der Waals surface area contributed by atoms with Crippen LogP contribution in [-0.4, -0.2) is 34.5 Å². The molecule has 27 heavy (non-hydrogen) atoms. The Labute approximate surface area is 159 Å². The first-order chi connectivity index (χ1) is 13.2. The number of rotatable bonds is 7. The van der Waals surface area contributed by atoms with Gasteiger partial charge in [0.1, 0.15) is 6.61 Å². The Kier molecular flexibility index (Phi) is 6.57. The number of carbonyl (C=O) groups excluding carboxylic acids is 2. The number of hydrogen-bond donors (Lipinski definition) is 3. The van der Waals surface area contributed by atoms with Gasteiger partial charge in [-0.25, -0.2) is 0 Å². The summed E-state index contributed by atoms with van der Waals surface area (Å²) in [4.78, 5) is 25.5. The van der Waals surface area contributed by atoms with Crippen LogP contribution in [0.2, 0.25) is 0 Å². The maximum absolute atomic E-state index is 12.1. The molecule has 3 N–H and O–H groups in total. The summed E-state index contributed by atoms with van der Waals surface area (Å²) in [5.74, 6) is -0.940. The zero-order valence-corrected chi connectivity index (χ0v) is 15.2. The van der Waals surface area contributed by atoms with Crippen LogP contribution in [-0.2, 0) is 22.7 Å². The highest BCUT2D eigenvalue weighted by Crippen LogP contribution is 2.33. The van der Waals surface area contributed by atoms with Crippen molar-refractivity contribution in [1.29, 1.82) is 0 Å². The molecule has 2 aromatic carbocycles. The molecule has 142 valence electrons. The molecule has 2 aromatic rings. The average molecular weight is 367 g/mol. The van der Waals surface area contributed by atoms with E-state index in [1.54, 1.807) is 0 Å². The molecule has 0 spiro atoms. The molecule has 0 aromatic heterocycles. The molecule has 0 heterocycles. The van der Waals surface area contributed by atoms with Crippen LogP contribution in [0.5, 0.6) is 0 Å². The number of amides is 2. The number of aliphatic hydroxyl groups is 1. The molecule has 0 bridgehead atoms. The molecule has 1 aliphatic rings. The van der Waals surface area contributed by atoms with Gasteiger partial charge in [0.2, 0.25) is 5.91 Å². The normalized spacial score (nSPS) is 18.6. The SMILES string of the molecule is O=C(CO)NNC(=O)C1CC(N(Cc2ccccc2)Cc2ccccc2)C1. The van der Waals surface area contributed by atoms with Gasteiger partial charge in [0.25, 0.3) is 5.91 Å². The second-order valence-electron chi connectivity index (χ2n) is 6.89. The number of benzene rings is 2. The van der Waals surface area contributed by atoms with Gasteiger partial charge < -0.3 is 5.11 Å². The molecule has 6 nitrogen and oxygen atoms in total. The van der Waals surface area contributed by atoms with E-state index in [1.807, 2.05) is 36.4 Å². The number of aliphatic hydroxyl groups excluding tert-OH is 1. The van der Waals surface area contributed by atoms with Gasteiger partial charge in [-0.2, -0.15) is 0 Å². The lowest BCUT2D eigenvalue weighted by Crippen LogP contribution is -2.52. The van der Waals surface area contributed by atoms with Crippen LogP contribution in [0.15, 0.2) is 60.7 Å². The fourth-order valence-electron chi connectivity index (χ4n) is 3.32. The maximum atomic E-state index is 12.1. The number of hydrazine groups is 1. The van der Waals surface area contributed by atoms with Crippen LogP contribution in [0.4, 0.5) is 0 Å². The summed E-state index contributed by atoms with van der Waals surface area (Å²) < 4.78 is 0. The summed E-state index contributed by atoms with van der Waals surface area (Å²) in [6.07, 6.45) is 1.50. The molecule has 1 fully saturated rings.